The lowest BCUT2D eigenvalue weighted by Crippen LogP contribution is -2.16. The van der Waals surface area contributed by atoms with Crippen LogP contribution in [-0.2, 0) is 11.2 Å². The van der Waals surface area contributed by atoms with Gasteiger partial charge in [0, 0.05) is 34.4 Å². The highest BCUT2D eigenvalue weighted by Crippen LogP contribution is 2.25. The maximum atomic E-state index is 11.8. The number of alkyl carbamates (subject to hydrolysis) is 1. The third-order valence-electron chi connectivity index (χ3n) is 4.88. The van der Waals surface area contributed by atoms with Crippen LogP contribution in [0, 0.1) is 6.92 Å². The molecule has 2 heterocycles. The molecule has 1 unspecified atom stereocenters. The van der Waals surface area contributed by atoms with E-state index in [1.54, 1.807) is 17.9 Å². The van der Waals surface area contributed by atoms with Crippen LogP contribution in [-0.4, -0.2) is 24.1 Å². The molecule has 2 aromatic heterocycles. The predicted molar refractivity (Wildman–Crippen MR) is 143 cm³/mol. The molecule has 2 aromatic rings. The number of methoxy groups -OCH3 is 1. The minimum atomic E-state index is -0.818. The molecule has 0 aliphatic carbocycles. The van der Waals surface area contributed by atoms with Crippen molar-refractivity contribution in [1.82, 2.24) is 5.32 Å². The first-order chi connectivity index (χ1) is 16.7. The minimum Gasteiger partial charge on any atom is -0.507 e. The topological polar surface area (TPSA) is 106 Å². The summed E-state index contributed by atoms with van der Waals surface area (Å²) in [6.45, 7) is 11.8. The van der Waals surface area contributed by atoms with Gasteiger partial charge < -0.3 is 14.3 Å². The lowest BCUT2D eigenvalue weighted by molar-refractivity contribution is 0.0980. The van der Waals surface area contributed by atoms with Crippen LogP contribution in [0.4, 0.5) is 4.79 Å². The second-order valence-electron chi connectivity index (χ2n) is 7.61. The summed E-state index contributed by atoms with van der Waals surface area (Å²) in [5.41, 5.74) is -1.12. The number of aryl methyl sites for hydroxylation is 2. The Balaban J connectivity index is 0.000000798. The highest BCUT2D eigenvalue weighted by molar-refractivity contribution is 7.11. The van der Waals surface area contributed by atoms with Crippen LogP contribution >= 0.6 is 11.3 Å². The number of hydrogen-bond acceptors (Lipinski definition) is 7. The van der Waals surface area contributed by atoms with Crippen LogP contribution in [0.15, 0.2) is 39.7 Å². The summed E-state index contributed by atoms with van der Waals surface area (Å²) in [5, 5.41) is 12.3. The van der Waals surface area contributed by atoms with E-state index in [0.717, 1.165) is 0 Å². The Morgan fingerprint density at radius 1 is 1.26 bits per heavy atom. The van der Waals surface area contributed by atoms with Gasteiger partial charge in [-0.15, -0.1) is 11.3 Å². The van der Waals surface area contributed by atoms with Crippen molar-refractivity contribution >= 4 is 23.2 Å². The zero-order valence-corrected chi connectivity index (χ0v) is 22.9. The summed E-state index contributed by atoms with van der Waals surface area (Å²) in [4.78, 5) is 37.2. The molecule has 0 aliphatic rings. The van der Waals surface area contributed by atoms with Gasteiger partial charge in [0.1, 0.15) is 17.1 Å². The van der Waals surface area contributed by atoms with Gasteiger partial charge in [-0.3, -0.25) is 10.1 Å². The van der Waals surface area contributed by atoms with Gasteiger partial charge in [0.2, 0.25) is 0 Å². The van der Waals surface area contributed by atoms with Crippen molar-refractivity contribution in [2.45, 2.75) is 86.0 Å². The molecule has 0 bridgehead atoms. The van der Waals surface area contributed by atoms with Gasteiger partial charge in [-0.2, -0.15) is 0 Å². The number of Topliss-reactive ketones (excluding diaryl/α,β-unsaturated/α-hetero) is 1. The first-order valence-corrected chi connectivity index (χ1v) is 13.0. The number of ketones is 1. The van der Waals surface area contributed by atoms with E-state index in [0.29, 0.717) is 18.6 Å². The molecule has 1 amide bonds. The molecular formula is C27H41NO6S. The third-order valence-corrected chi connectivity index (χ3v) is 5.94. The van der Waals surface area contributed by atoms with Gasteiger partial charge >= 0.3 is 11.7 Å². The molecular weight excluding hydrogens is 466 g/mol. The Kier molecular flexibility index (Phi) is 16.9. The van der Waals surface area contributed by atoms with E-state index in [9.17, 15) is 19.5 Å². The van der Waals surface area contributed by atoms with Crippen molar-refractivity contribution in [3.8, 4) is 5.75 Å². The van der Waals surface area contributed by atoms with E-state index in [2.05, 4.69) is 36.0 Å². The number of rotatable bonds is 10. The zero-order valence-electron chi connectivity index (χ0n) is 22.1. The number of hydrogen-bond donors (Lipinski definition) is 2. The molecule has 196 valence electrons. The van der Waals surface area contributed by atoms with Crippen molar-refractivity contribution in [3.05, 3.63) is 62.0 Å². The predicted octanol–water partition coefficient (Wildman–Crippen LogP) is 7.12. The Morgan fingerprint density at radius 3 is 2.46 bits per heavy atom. The summed E-state index contributed by atoms with van der Waals surface area (Å²) in [6.07, 6.45) is 7.92. The minimum absolute atomic E-state index is 0.116. The molecule has 0 fully saturated rings. The Bertz CT molecular complexity index is 976. The largest absolute Gasteiger partial charge is 0.507 e. The molecule has 35 heavy (non-hydrogen) atoms. The number of amides is 1. The zero-order chi connectivity index (χ0) is 26.8. The number of unbranched alkanes of at least 4 members (excludes halogenated alkanes) is 1. The molecule has 0 saturated carbocycles. The van der Waals surface area contributed by atoms with E-state index in [1.165, 1.54) is 43.5 Å². The number of carbonyl (C=O) groups excluding carboxylic acids is 2. The summed E-state index contributed by atoms with van der Waals surface area (Å²) >= 11 is 1.93. The first kappa shape index (κ1) is 32.1. The van der Waals surface area contributed by atoms with Crippen molar-refractivity contribution in [2.24, 2.45) is 0 Å². The molecule has 8 heteroatoms. The van der Waals surface area contributed by atoms with E-state index >= 15 is 0 Å². The molecule has 0 saturated heterocycles. The summed E-state index contributed by atoms with van der Waals surface area (Å²) in [5.74, 6) is -0.623. The number of ether oxygens (including phenoxy) is 1. The average molecular weight is 508 g/mol. The number of carbonyl (C=O) groups is 2. The molecule has 0 aromatic carbocycles. The monoisotopic (exact) mass is 507 g/mol. The number of nitrogens with one attached hydrogen (secondary N) is 1. The van der Waals surface area contributed by atoms with E-state index in [4.69, 9.17) is 4.42 Å². The summed E-state index contributed by atoms with van der Waals surface area (Å²) in [7, 11) is 1.27. The van der Waals surface area contributed by atoms with Crippen molar-refractivity contribution in [1.29, 1.82) is 0 Å². The maximum Gasteiger partial charge on any atom is 0.410 e. The normalized spacial score (nSPS) is 11.1. The Morgan fingerprint density at radius 2 is 1.94 bits per heavy atom. The van der Waals surface area contributed by atoms with Crippen LogP contribution < -0.4 is 10.9 Å². The average Bonchev–Trinajstić information content (AvgIpc) is 3.28. The fraction of sp³-hybridized carbons (Fsp3) is 0.519. The van der Waals surface area contributed by atoms with Gasteiger partial charge in [0.15, 0.2) is 5.78 Å². The second-order valence-corrected chi connectivity index (χ2v) is 8.98. The van der Waals surface area contributed by atoms with E-state index in [1.807, 2.05) is 32.1 Å². The van der Waals surface area contributed by atoms with Crippen molar-refractivity contribution in [2.75, 3.05) is 7.11 Å². The summed E-state index contributed by atoms with van der Waals surface area (Å²) < 4.78 is 9.54. The van der Waals surface area contributed by atoms with Crippen LogP contribution in [0.2, 0.25) is 0 Å². The molecule has 2 N–H and O–H groups in total. The van der Waals surface area contributed by atoms with Crippen LogP contribution in [0.5, 0.6) is 5.75 Å². The molecule has 7 nitrogen and oxygen atoms in total. The quantitative estimate of drug-likeness (QED) is 0.332. The number of thiophene rings is 1. The standard InChI is InChI=1S/C16H21NO6.C9H14S.C2H6/c1-4-11(18)14-12(19)9-13(23-15(14)20)10(2)7-5-6-8-17-16(21)22-3;1-3-4-5-9-7-6-8(2)10-9;1-2/h6,8-10,19H,4-5,7H2,1-3H3,(H,17,21);6-7H,3-5H2,1-2H3;1-2H3/b8-6+;;. The second kappa shape index (κ2) is 18.5. The Hall–Kier alpha value is -2.87. The lowest BCUT2D eigenvalue weighted by atomic mass is 10.0. The van der Waals surface area contributed by atoms with Crippen molar-refractivity contribution < 1.29 is 23.8 Å². The van der Waals surface area contributed by atoms with Gasteiger partial charge in [0.05, 0.1) is 7.11 Å². The summed E-state index contributed by atoms with van der Waals surface area (Å²) in [6, 6.07) is 5.76. The number of aromatic hydroxyl groups is 1. The fourth-order valence-corrected chi connectivity index (χ4v) is 3.84. The van der Waals surface area contributed by atoms with Gasteiger partial charge in [-0.1, -0.05) is 47.1 Å². The smallest absolute Gasteiger partial charge is 0.410 e. The Labute approximate surface area is 213 Å². The SMILES string of the molecule is CC.CCC(=O)c1c(O)cc(C(C)CC/C=C/NC(=O)OC)oc1=O.CCCCc1ccc(C)s1. The molecule has 0 aliphatic heterocycles. The first-order valence-electron chi connectivity index (χ1n) is 12.2. The van der Waals surface area contributed by atoms with Crippen LogP contribution in [0.3, 0.4) is 0 Å². The molecule has 2 rings (SSSR count). The third kappa shape index (κ3) is 12.4. The molecule has 0 spiro atoms. The highest BCUT2D eigenvalue weighted by Gasteiger charge is 2.19. The van der Waals surface area contributed by atoms with E-state index in [-0.39, 0.29) is 23.7 Å². The lowest BCUT2D eigenvalue weighted by Gasteiger charge is -2.10. The van der Waals surface area contributed by atoms with Gasteiger partial charge in [-0.25, -0.2) is 9.59 Å². The van der Waals surface area contributed by atoms with Crippen molar-refractivity contribution in [3.63, 3.8) is 0 Å². The maximum absolute atomic E-state index is 11.8. The van der Waals surface area contributed by atoms with Crippen LogP contribution in [0.25, 0.3) is 0 Å². The fourth-order valence-electron chi connectivity index (χ4n) is 2.90. The molecule has 1 atom stereocenters. The molecule has 0 radical (unpaired) electrons. The van der Waals surface area contributed by atoms with Gasteiger partial charge in [-0.05, 0) is 44.7 Å². The van der Waals surface area contributed by atoms with E-state index < -0.39 is 17.5 Å². The number of allylic oxidation sites excluding steroid dienone is 1. The van der Waals surface area contributed by atoms with Crippen LogP contribution in [0.1, 0.15) is 98.5 Å². The highest BCUT2D eigenvalue weighted by atomic mass is 32.1. The van der Waals surface area contributed by atoms with Gasteiger partial charge in [0.25, 0.3) is 0 Å².